The maximum absolute atomic E-state index is 4.76. The zero-order valence-corrected chi connectivity index (χ0v) is 14.9. The van der Waals surface area contributed by atoms with Crippen LogP contribution < -0.4 is 5.32 Å². The molecule has 1 aliphatic rings. The highest BCUT2D eigenvalue weighted by atomic mass is 32.1. The number of aryl methyl sites for hydroxylation is 1. The van der Waals surface area contributed by atoms with Gasteiger partial charge in [0.15, 0.2) is 5.82 Å². The van der Waals surface area contributed by atoms with Crippen molar-refractivity contribution < 1.29 is 0 Å². The molecule has 1 unspecified atom stereocenters. The second-order valence-electron chi connectivity index (χ2n) is 6.32. The summed E-state index contributed by atoms with van der Waals surface area (Å²) in [5.41, 5.74) is 5.36. The highest BCUT2D eigenvalue weighted by Gasteiger charge is 2.27. The lowest BCUT2D eigenvalue weighted by Gasteiger charge is -2.24. The second-order valence-corrected chi connectivity index (χ2v) is 7.15. The van der Waals surface area contributed by atoms with Crippen LogP contribution in [0.4, 0.5) is 10.9 Å². The molecule has 1 aromatic carbocycles. The van der Waals surface area contributed by atoms with Crippen LogP contribution in [0.2, 0.25) is 0 Å². The van der Waals surface area contributed by atoms with Gasteiger partial charge in [-0.2, -0.15) is 0 Å². The summed E-state index contributed by atoms with van der Waals surface area (Å²) in [4.78, 5) is 11.6. The molecule has 0 radical (unpaired) electrons. The summed E-state index contributed by atoms with van der Waals surface area (Å²) in [6, 6.07) is 9.03. The summed E-state index contributed by atoms with van der Waals surface area (Å²) < 4.78 is 0. The Labute approximate surface area is 151 Å². The minimum absolute atomic E-state index is 0.309. The molecule has 1 saturated heterocycles. The van der Waals surface area contributed by atoms with Gasteiger partial charge in [-0.15, -0.1) is 10.2 Å². The lowest BCUT2D eigenvalue weighted by Crippen LogP contribution is -2.23. The average molecular weight is 352 g/mol. The number of anilines is 2. The number of likely N-dealkylation sites (tertiary alicyclic amines) is 1. The number of hydrogen-bond acceptors (Lipinski definition) is 7. The minimum Gasteiger partial charge on any atom is -0.313 e. The maximum Gasteiger partial charge on any atom is 0.211 e. The van der Waals surface area contributed by atoms with Crippen molar-refractivity contribution in [1.29, 1.82) is 0 Å². The summed E-state index contributed by atoms with van der Waals surface area (Å²) in [6.45, 7) is 4.18. The Morgan fingerprint density at radius 1 is 1.32 bits per heavy atom. The Hall–Kier alpha value is -2.38. The number of aromatic nitrogens is 4. The van der Waals surface area contributed by atoms with Gasteiger partial charge in [0.05, 0.1) is 24.1 Å². The van der Waals surface area contributed by atoms with Gasteiger partial charge in [0.1, 0.15) is 5.51 Å². The van der Waals surface area contributed by atoms with Gasteiger partial charge in [-0.3, -0.25) is 9.88 Å². The van der Waals surface area contributed by atoms with E-state index in [1.807, 2.05) is 6.20 Å². The van der Waals surface area contributed by atoms with E-state index in [0.29, 0.717) is 6.04 Å². The van der Waals surface area contributed by atoms with Crippen LogP contribution >= 0.6 is 11.3 Å². The Morgan fingerprint density at radius 3 is 3.12 bits per heavy atom. The molecular weight excluding hydrogens is 332 g/mol. The molecule has 2 aromatic heterocycles. The number of rotatable bonds is 5. The van der Waals surface area contributed by atoms with E-state index in [1.54, 1.807) is 11.7 Å². The normalized spacial score (nSPS) is 17.7. The molecule has 0 aliphatic carbocycles. The van der Waals surface area contributed by atoms with E-state index in [0.717, 1.165) is 36.2 Å². The topological polar surface area (TPSA) is 66.8 Å². The van der Waals surface area contributed by atoms with Gasteiger partial charge in [-0.05, 0) is 31.9 Å². The first-order valence-corrected chi connectivity index (χ1v) is 9.30. The molecule has 1 aliphatic heterocycles. The zero-order valence-electron chi connectivity index (χ0n) is 14.1. The third-order valence-electron chi connectivity index (χ3n) is 4.42. The van der Waals surface area contributed by atoms with E-state index in [9.17, 15) is 0 Å². The van der Waals surface area contributed by atoms with Gasteiger partial charge in [-0.25, -0.2) is 4.98 Å². The van der Waals surface area contributed by atoms with Gasteiger partial charge in [-0.1, -0.05) is 41.2 Å². The molecule has 0 bridgehead atoms. The van der Waals surface area contributed by atoms with E-state index in [2.05, 4.69) is 56.6 Å². The largest absolute Gasteiger partial charge is 0.313 e. The van der Waals surface area contributed by atoms with E-state index in [1.165, 1.54) is 28.9 Å². The predicted octanol–water partition coefficient (Wildman–Crippen LogP) is 3.72. The predicted molar refractivity (Wildman–Crippen MR) is 98.8 cm³/mol. The van der Waals surface area contributed by atoms with Gasteiger partial charge in [0, 0.05) is 6.54 Å². The lowest BCUT2D eigenvalue weighted by molar-refractivity contribution is 0.244. The molecule has 1 atom stereocenters. The minimum atomic E-state index is 0.309. The van der Waals surface area contributed by atoms with Crippen LogP contribution in [0, 0.1) is 6.92 Å². The van der Waals surface area contributed by atoms with Gasteiger partial charge in [0.25, 0.3) is 0 Å². The molecule has 0 saturated carbocycles. The van der Waals surface area contributed by atoms with Gasteiger partial charge in [0.2, 0.25) is 5.13 Å². The molecular formula is C18H20N6S. The van der Waals surface area contributed by atoms with Gasteiger partial charge < -0.3 is 5.32 Å². The van der Waals surface area contributed by atoms with Crippen molar-refractivity contribution in [2.45, 2.75) is 32.4 Å². The molecule has 0 spiro atoms. The first-order chi connectivity index (χ1) is 12.3. The van der Waals surface area contributed by atoms with Crippen LogP contribution in [0.1, 0.15) is 35.7 Å². The van der Waals surface area contributed by atoms with Gasteiger partial charge >= 0.3 is 0 Å². The SMILES string of the molecule is Cc1cccc(CN2CCCC2c2cncc(Nc3nncs3)n2)c1. The molecule has 7 heteroatoms. The first kappa shape index (κ1) is 16.1. The molecule has 0 amide bonds. The fraction of sp³-hybridized carbons (Fsp3) is 0.333. The fourth-order valence-electron chi connectivity index (χ4n) is 3.33. The number of hydrogen-bond donors (Lipinski definition) is 1. The highest BCUT2D eigenvalue weighted by Crippen LogP contribution is 2.32. The second kappa shape index (κ2) is 7.25. The third kappa shape index (κ3) is 3.83. The quantitative estimate of drug-likeness (QED) is 0.755. The first-order valence-electron chi connectivity index (χ1n) is 8.43. The van der Waals surface area contributed by atoms with Crippen molar-refractivity contribution in [2.75, 3.05) is 11.9 Å². The lowest BCUT2D eigenvalue weighted by atomic mass is 10.1. The third-order valence-corrected chi connectivity index (χ3v) is 5.03. The Kier molecular flexibility index (Phi) is 4.67. The summed E-state index contributed by atoms with van der Waals surface area (Å²) in [5, 5.41) is 11.7. The van der Waals surface area contributed by atoms with Crippen molar-refractivity contribution in [3.63, 3.8) is 0 Å². The summed E-state index contributed by atoms with van der Waals surface area (Å²) in [7, 11) is 0. The summed E-state index contributed by atoms with van der Waals surface area (Å²) in [6.07, 6.45) is 5.91. The summed E-state index contributed by atoms with van der Waals surface area (Å²) >= 11 is 1.45. The van der Waals surface area contributed by atoms with Crippen LogP contribution in [-0.2, 0) is 6.54 Å². The molecule has 6 nitrogen and oxygen atoms in total. The van der Waals surface area contributed by atoms with Crippen molar-refractivity contribution in [1.82, 2.24) is 25.1 Å². The molecule has 25 heavy (non-hydrogen) atoms. The molecule has 1 N–H and O–H groups in total. The van der Waals surface area contributed by atoms with Crippen LogP contribution in [-0.4, -0.2) is 31.6 Å². The van der Waals surface area contributed by atoms with Crippen LogP contribution in [0.3, 0.4) is 0 Å². The Balaban J connectivity index is 1.51. The molecule has 128 valence electrons. The van der Waals surface area contributed by atoms with E-state index in [4.69, 9.17) is 4.98 Å². The van der Waals surface area contributed by atoms with Crippen molar-refractivity contribution in [2.24, 2.45) is 0 Å². The zero-order chi connectivity index (χ0) is 17.1. The van der Waals surface area contributed by atoms with Crippen molar-refractivity contribution in [3.05, 3.63) is 59.0 Å². The standard InChI is InChI=1S/C18H20N6S/c1-13-4-2-5-14(8-13)11-24-7-3-6-16(24)15-9-19-10-17(21-15)22-18-23-20-12-25-18/h2,4-5,8-10,12,16H,3,6-7,11H2,1H3,(H,21,22,23). The number of nitrogens with zero attached hydrogens (tertiary/aromatic N) is 5. The average Bonchev–Trinajstić information content (AvgIpc) is 3.27. The molecule has 3 heterocycles. The Morgan fingerprint density at radius 2 is 2.28 bits per heavy atom. The van der Waals surface area contributed by atoms with E-state index < -0.39 is 0 Å². The van der Waals surface area contributed by atoms with E-state index >= 15 is 0 Å². The molecule has 3 aromatic rings. The number of nitrogens with one attached hydrogen (secondary N) is 1. The number of benzene rings is 1. The summed E-state index contributed by atoms with van der Waals surface area (Å²) in [5.74, 6) is 0.719. The maximum atomic E-state index is 4.76. The fourth-order valence-corrected chi connectivity index (χ4v) is 3.79. The van der Waals surface area contributed by atoms with Crippen LogP contribution in [0.15, 0.2) is 42.2 Å². The monoisotopic (exact) mass is 352 g/mol. The highest BCUT2D eigenvalue weighted by molar-refractivity contribution is 7.13. The van der Waals surface area contributed by atoms with Crippen molar-refractivity contribution >= 4 is 22.3 Å². The molecule has 1 fully saturated rings. The molecule has 4 rings (SSSR count). The van der Waals surface area contributed by atoms with Crippen LogP contribution in [0.25, 0.3) is 0 Å². The van der Waals surface area contributed by atoms with Crippen molar-refractivity contribution in [3.8, 4) is 0 Å². The van der Waals surface area contributed by atoms with E-state index in [-0.39, 0.29) is 0 Å². The smallest absolute Gasteiger partial charge is 0.211 e. The Bertz CT molecular complexity index is 835. The van der Waals surface area contributed by atoms with Crippen LogP contribution in [0.5, 0.6) is 0 Å².